The molecule has 3 atom stereocenters. The third-order valence-electron chi connectivity index (χ3n) is 4.97. The predicted molar refractivity (Wildman–Crippen MR) is 104 cm³/mol. The van der Waals surface area contributed by atoms with Crippen molar-refractivity contribution < 1.29 is 28.6 Å². The van der Waals surface area contributed by atoms with Gasteiger partial charge in [0.25, 0.3) is 0 Å². The minimum absolute atomic E-state index is 0.157. The summed E-state index contributed by atoms with van der Waals surface area (Å²) in [5.74, 6) is -1.98. The normalized spacial score (nSPS) is 25.9. The first kappa shape index (κ1) is 21.7. The van der Waals surface area contributed by atoms with Crippen molar-refractivity contribution in [3.63, 3.8) is 0 Å². The van der Waals surface area contributed by atoms with Crippen molar-refractivity contribution in [2.24, 2.45) is 5.92 Å². The number of carbonyl (C=O) groups is 3. The lowest BCUT2D eigenvalue weighted by molar-refractivity contribution is -0.148. The number of carbonyl (C=O) groups excluding carboxylic acids is 3. The molecule has 0 aromatic carbocycles. The second kappa shape index (κ2) is 9.53. The van der Waals surface area contributed by atoms with Crippen LogP contribution in [-0.2, 0) is 28.6 Å². The number of allylic oxidation sites excluding steroid dienone is 3. The highest BCUT2D eigenvalue weighted by Gasteiger charge is 2.44. The van der Waals surface area contributed by atoms with Gasteiger partial charge in [-0.05, 0) is 39.7 Å². The van der Waals surface area contributed by atoms with Crippen LogP contribution in [0.5, 0.6) is 0 Å². The Morgan fingerprint density at radius 2 is 2.04 bits per heavy atom. The average Bonchev–Trinajstić information content (AvgIpc) is 2.88. The molecule has 2 aliphatic rings. The van der Waals surface area contributed by atoms with Crippen LogP contribution in [0.1, 0.15) is 47.0 Å². The maximum atomic E-state index is 12.7. The van der Waals surface area contributed by atoms with Crippen molar-refractivity contribution >= 4 is 17.9 Å². The van der Waals surface area contributed by atoms with Crippen LogP contribution in [0.15, 0.2) is 47.1 Å². The fraction of sp³-hybridized carbons (Fsp3) is 0.500. The Morgan fingerprint density at radius 1 is 1.32 bits per heavy atom. The Morgan fingerprint density at radius 3 is 2.68 bits per heavy atom. The maximum Gasteiger partial charge on any atom is 0.337 e. The zero-order chi connectivity index (χ0) is 20.8. The Kier molecular flexibility index (Phi) is 7.38. The van der Waals surface area contributed by atoms with Crippen LogP contribution in [-0.4, -0.2) is 36.7 Å². The molecule has 0 aromatic heterocycles. The molecular formula is C22H28O6. The third-order valence-corrected chi connectivity index (χ3v) is 4.97. The molecule has 152 valence electrons. The molecule has 0 bridgehead atoms. The molecule has 0 aromatic rings. The fourth-order valence-corrected chi connectivity index (χ4v) is 3.39. The minimum Gasteiger partial charge on any atom is -0.461 e. The topological polar surface area (TPSA) is 78.9 Å². The highest BCUT2D eigenvalue weighted by Crippen LogP contribution is 2.36. The lowest BCUT2D eigenvalue weighted by Crippen LogP contribution is -2.34. The third kappa shape index (κ3) is 5.44. The largest absolute Gasteiger partial charge is 0.461 e. The van der Waals surface area contributed by atoms with E-state index < -0.39 is 36.0 Å². The maximum absolute atomic E-state index is 12.7. The molecule has 6 nitrogen and oxygen atoms in total. The minimum atomic E-state index is -0.609. The van der Waals surface area contributed by atoms with E-state index in [1.807, 2.05) is 19.9 Å². The molecule has 28 heavy (non-hydrogen) atoms. The number of ether oxygens (including phenoxy) is 3. The molecule has 1 aliphatic heterocycles. The van der Waals surface area contributed by atoms with Gasteiger partial charge < -0.3 is 14.2 Å². The Bertz CT molecular complexity index is 755. The van der Waals surface area contributed by atoms with Gasteiger partial charge in [0.2, 0.25) is 0 Å². The van der Waals surface area contributed by atoms with Crippen molar-refractivity contribution in [2.75, 3.05) is 6.61 Å². The summed E-state index contributed by atoms with van der Waals surface area (Å²) in [6.45, 7) is 10.6. The van der Waals surface area contributed by atoms with Gasteiger partial charge in [-0.1, -0.05) is 29.9 Å². The number of rotatable bonds is 4. The Hall–Kier alpha value is -2.63. The number of hydrogen-bond acceptors (Lipinski definition) is 6. The average molecular weight is 388 g/mol. The van der Waals surface area contributed by atoms with Crippen LogP contribution >= 0.6 is 0 Å². The molecule has 2 rings (SSSR count). The summed E-state index contributed by atoms with van der Waals surface area (Å²) in [7, 11) is 0. The van der Waals surface area contributed by atoms with Gasteiger partial charge in [-0.25, -0.2) is 9.59 Å². The molecule has 1 saturated heterocycles. The molecule has 0 N–H and O–H groups in total. The SMILES string of the molecule is C=C1C(=O)OC2C=C(C)CCC=C(C)CC(OC(=O)C(=CC)COC(C)=O)C12. The van der Waals surface area contributed by atoms with Gasteiger partial charge in [0.1, 0.15) is 18.8 Å². The standard InChI is InChI=1S/C22H28O6/c1-6-17(12-26-16(5)23)22(25)28-19-11-14(3)9-7-8-13(2)10-18-20(19)15(4)21(24)27-18/h6,9-10,18-20H,4,7-8,11-12H2,1-3,5H3. The van der Waals surface area contributed by atoms with Crippen LogP contribution in [0.25, 0.3) is 0 Å². The summed E-state index contributed by atoms with van der Waals surface area (Å²) in [6, 6.07) is 0. The van der Waals surface area contributed by atoms with E-state index in [0.717, 1.165) is 24.0 Å². The highest BCUT2D eigenvalue weighted by molar-refractivity contribution is 5.92. The van der Waals surface area contributed by atoms with Crippen LogP contribution in [0.2, 0.25) is 0 Å². The van der Waals surface area contributed by atoms with Crippen molar-refractivity contribution in [3.05, 3.63) is 47.1 Å². The van der Waals surface area contributed by atoms with E-state index in [0.29, 0.717) is 12.0 Å². The first-order valence-corrected chi connectivity index (χ1v) is 9.45. The summed E-state index contributed by atoms with van der Waals surface area (Å²) in [5.41, 5.74) is 2.73. The van der Waals surface area contributed by atoms with Gasteiger partial charge >= 0.3 is 17.9 Å². The molecule has 0 saturated carbocycles. The molecule has 1 aliphatic carbocycles. The molecule has 0 spiro atoms. The van der Waals surface area contributed by atoms with E-state index in [1.165, 1.54) is 6.92 Å². The Labute approximate surface area is 165 Å². The van der Waals surface area contributed by atoms with Gasteiger partial charge in [-0.3, -0.25) is 4.79 Å². The molecule has 1 heterocycles. The molecule has 3 unspecified atom stereocenters. The van der Waals surface area contributed by atoms with Crippen LogP contribution in [0.3, 0.4) is 0 Å². The van der Waals surface area contributed by atoms with Crippen LogP contribution < -0.4 is 0 Å². The highest BCUT2D eigenvalue weighted by atomic mass is 16.6. The lowest BCUT2D eigenvalue weighted by Gasteiger charge is -2.27. The van der Waals surface area contributed by atoms with Gasteiger partial charge in [-0.15, -0.1) is 0 Å². The summed E-state index contributed by atoms with van der Waals surface area (Å²) in [6.07, 6.45) is 6.70. The van der Waals surface area contributed by atoms with E-state index in [1.54, 1.807) is 13.0 Å². The van der Waals surface area contributed by atoms with Crippen molar-refractivity contribution in [1.29, 1.82) is 0 Å². The van der Waals surface area contributed by atoms with Gasteiger partial charge in [0.15, 0.2) is 0 Å². The van der Waals surface area contributed by atoms with E-state index in [4.69, 9.17) is 14.2 Å². The summed E-state index contributed by atoms with van der Waals surface area (Å²) in [4.78, 5) is 35.9. The first-order chi connectivity index (χ1) is 13.2. The summed E-state index contributed by atoms with van der Waals surface area (Å²) < 4.78 is 16.2. The zero-order valence-corrected chi connectivity index (χ0v) is 16.9. The van der Waals surface area contributed by atoms with E-state index in [-0.39, 0.29) is 12.2 Å². The summed E-state index contributed by atoms with van der Waals surface area (Å²) >= 11 is 0. The van der Waals surface area contributed by atoms with E-state index >= 15 is 0 Å². The second-order valence-corrected chi connectivity index (χ2v) is 7.27. The predicted octanol–water partition coefficient (Wildman–Crippen LogP) is 3.58. The smallest absolute Gasteiger partial charge is 0.337 e. The zero-order valence-electron chi connectivity index (χ0n) is 16.9. The van der Waals surface area contributed by atoms with Gasteiger partial charge in [-0.2, -0.15) is 0 Å². The van der Waals surface area contributed by atoms with Crippen LogP contribution in [0.4, 0.5) is 0 Å². The molecule has 0 radical (unpaired) electrons. The first-order valence-electron chi connectivity index (χ1n) is 9.45. The second-order valence-electron chi connectivity index (χ2n) is 7.27. The number of esters is 3. The molecule has 1 fully saturated rings. The van der Waals surface area contributed by atoms with Crippen LogP contribution in [0, 0.1) is 5.92 Å². The van der Waals surface area contributed by atoms with Gasteiger partial charge in [0, 0.05) is 18.9 Å². The molecular weight excluding hydrogens is 360 g/mol. The van der Waals surface area contributed by atoms with E-state index in [9.17, 15) is 14.4 Å². The van der Waals surface area contributed by atoms with Gasteiger partial charge in [0.05, 0.1) is 11.5 Å². The molecule has 0 amide bonds. The van der Waals surface area contributed by atoms with E-state index in [2.05, 4.69) is 12.7 Å². The fourth-order valence-electron chi connectivity index (χ4n) is 3.39. The lowest BCUT2D eigenvalue weighted by atomic mass is 9.85. The number of fused-ring (bicyclic) bond motifs is 1. The quantitative estimate of drug-likeness (QED) is 0.317. The van der Waals surface area contributed by atoms with Crippen molar-refractivity contribution in [2.45, 2.75) is 59.2 Å². The Balaban J connectivity index is 2.30. The van der Waals surface area contributed by atoms with Crippen molar-refractivity contribution in [1.82, 2.24) is 0 Å². The monoisotopic (exact) mass is 388 g/mol. The summed E-state index contributed by atoms with van der Waals surface area (Å²) in [5, 5.41) is 0. The number of hydrogen-bond donors (Lipinski definition) is 0. The van der Waals surface area contributed by atoms with Crippen molar-refractivity contribution in [3.8, 4) is 0 Å². The molecule has 6 heteroatoms.